The van der Waals surface area contributed by atoms with Gasteiger partial charge in [0.15, 0.2) is 5.13 Å². The Morgan fingerprint density at radius 3 is 2.72 bits per heavy atom. The van der Waals surface area contributed by atoms with Gasteiger partial charge in [0.2, 0.25) is 0 Å². The Morgan fingerprint density at radius 2 is 2.07 bits per heavy atom. The lowest BCUT2D eigenvalue weighted by molar-refractivity contribution is 1.10. The lowest BCUT2D eigenvalue weighted by Crippen LogP contribution is -2.03. The van der Waals surface area contributed by atoms with Gasteiger partial charge in [-0.25, -0.2) is 9.97 Å². The van der Waals surface area contributed by atoms with E-state index in [2.05, 4.69) is 39.0 Å². The number of nitrogens with zero attached hydrogens (tertiary/aromatic N) is 5. The fourth-order valence-electron chi connectivity index (χ4n) is 2.56. The second kappa shape index (κ2) is 9.20. The van der Waals surface area contributed by atoms with E-state index in [1.165, 1.54) is 23.1 Å². The van der Waals surface area contributed by atoms with Gasteiger partial charge in [-0.05, 0) is 13.0 Å². The summed E-state index contributed by atoms with van der Waals surface area (Å²) in [5, 5.41) is 25.8. The van der Waals surface area contributed by atoms with Gasteiger partial charge < -0.3 is 11.1 Å². The number of nitrogens with one attached hydrogen (secondary N) is 1. The molecule has 0 aromatic carbocycles. The molecule has 3 aromatic rings. The number of aryl methyl sites for hydroxylation is 1. The van der Waals surface area contributed by atoms with Crippen molar-refractivity contribution in [1.82, 2.24) is 15.0 Å². The third kappa shape index (κ3) is 4.54. The molecule has 0 atom stereocenters. The highest BCUT2D eigenvalue weighted by Crippen LogP contribution is 2.36. The van der Waals surface area contributed by atoms with E-state index in [0.717, 1.165) is 16.5 Å². The van der Waals surface area contributed by atoms with Crippen LogP contribution in [0.1, 0.15) is 22.5 Å². The summed E-state index contributed by atoms with van der Waals surface area (Å²) in [4.78, 5) is 13.1. The zero-order chi connectivity index (χ0) is 20.8. The Balaban J connectivity index is 1.96. The van der Waals surface area contributed by atoms with Crippen molar-refractivity contribution in [2.75, 3.05) is 17.6 Å². The number of pyridine rings is 2. The molecule has 0 saturated carbocycles. The number of hydrogen-bond donors (Lipinski definition) is 2. The third-order valence-electron chi connectivity index (χ3n) is 3.92. The molecule has 3 rings (SSSR count). The highest BCUT2D eigenvalue weighted by atomic mass is 32.2. The second-order valence-electron chi connectivity index (χ2n) is 5.94. The Hall–Kier alpha value is -3.40. The van der Waals surface area contributed by atoms with E-state index >= 15 is 0 Å². The first-order valence-electron chi connectivity index (χ1n) is 8.56. The smallest absolute Gasteiger partial charge is 0.183 e. The zero-order valence-electron chi connectivity index (χ0n) is 15.6. The SMILES string of the molecule is C=CCNc1nc(CSc2nc(N)c(C#N)c(-c3ccc(C)nc3)c2C#N)cs1. The summed E-state index contributed by atoms with van der Waals surface area (Å²) in [6.45, 7) is 6.18. The number of nitrogen functional groups attached to an aromatic ring is 1. The highest BCUT2D eigenvalue weighted by molar-refractivity contribution is 7.98. The van der Waals surface area contributed by atoms with Crippen LogP contribution < -0.4 is 11.1 Å². The number of hydrogen-bond acceptors (Lipinski definition) is 9. The Bertz CT molecular complexity index is 1120. The molecule has 0 fully saturated rings. The van der Waals surface area contributed by atoms with E-state index in [-0.39, 0.29) is 11.4 Å². The van der Waals surface area contributed by atoms with Gasteiger partial charge in [-0.3, -0.25) is 4.98 Å². The molecule has 0 aliphatic rings. The molecule has 0 aliphatic heterocycles. The predicted octanol–water partition coefficient (Wildman–Crippen LogP) is 4.12. The van der Waals surface area contributed by atoms with Crippen LogP contribution in [-0.2, 0) is 5.75 Å². The maximum Gasteiger partial charge on any atom is 0.183 e. The summed E-state index contributed by atoms with van der Waals surface area (Å²) in [5.74, 6) is 0.612. The molecule has 29 heavy (non-hydrogen) atoms. The van der Waals surface area contributed by atoms with Crippen molar-refractivity contribution >= 4 is 34.0 Å². The topological polar surface area (TPSA) is 124 Å². The van der Waals surface area contributed by atoms with E-state index in [4.69, 9.17) is 5.73 Å². The van der Waals surface area contributed by atoms with Crippen LogP contribution in [-0.4, -0.2) is 21.5 Å². The van der Waals surface area contributed by atoms with Crippen molar-refractivity contribution < 1.29 is 0 Å². The summed E-state index contributed by atoms with van der Waals surface area (Å²) in [7, 11) is 0. The molecule has 0 radical (unpaired) electrons. The van der Waals surface area contributed by atoms with Gasteiger partial charge in [0.1, 0.15) is 28.5 Å². The van der Waals surface area contributed by atoms with Crippen LogP contribution in [0.5, 0.6) is 0 Å². The fraction of sp³-hybridized carbons (Fsp3) is 0.150. The summed E-state index contributed by atoms with van der Waals surface area (Å²) in [6.07, 6.45) is 3.40. The van der Waals surface area contributed by atoms with E-state index in [0.29, 0.717) is 34.0 Å². The van der Waals surface area contributed by atoms with Crippen LogP contribution in [0.3, 0.4) is 0 Å². The van der Waals surface area contributed by atoms with Gasteiger partial charge in [-0.15, -0.1) is 17.9 Å². The van der Waals surface area contributed by atoms with Gasteiger partial charge in [0.25, 0.3) is 0 Å². The molecular weight excluding hydrogens is 402 g/mol. The monoisotopic (exact) mass is 419 g/mol. The number of nitriles is 2. The molecule has 3 heterocycles. The Morgan fingerprint density at radius 1 is 1.28 bits per heavy atom. The zero-order valence-corrected chi connectivity index (χ0v) is 17.3. The number of anilines is 2. The molecule has 3 N–H and O–H groups in total. The molecule has 0 bridgehead atoms. The van der Waals surface area contributed by atoms with Crippen molar-refractivity contribution in [2.24, 2.45) is 0 Å². The molecule has 3 aromatic heterocycles. The first-order chi connectivity index (χ1) is 14.1. The fourth-order valence-corrected chi connectivity index (χ4v) is 4.28. The van der Waals surface area contributed by atoms with Crippen molar-refractivity contribution in [3.05, 3.63) is 58.9 Å². The van der Waals surface area contributed by atoms with Crippen molar-refractivity contribution in [3.8, 4) is 23.3 Å². The quantitative estimate of drug-likeness (QED) is 0.433. The number of aromatic nitrogens is 3. The molecule has 0 saturated heterocycles. The largest absolute Gasteiger partial charge is 0.383 e. The van der Waals surface area contributed by atoms with Crippen molar-refractivity contribution in [1.29, 1.82) is 10.5 Å². The number of thiazole rings is 1. The van der Waals surface area contributed by atoms with Crippen LogP contribution in [0.2, 0.25) is 0 Å². The minimum Gasteiger partial charge on any atom is -0.383 e. The van der Waals surface area contributed by atoms with Crippen LogP contribution in [0, 0.1) is 29.6 Å². The molecule has 0 aliphatic carbocycles. The van der Waals surface area contributed by atoms with Crippen LogP contribution in [0.15, 0.2) is 41.4 Å². The van der Waals surface area contributed by atoms with Crippen LogP contribution in [0.25, 0.3) is 11.1 Å². The van der Waals surface area contributed by atoms with Gasteiger partial charge in [0, 0.05) is 40.7 Å². The molecule has 0 amide bonds. The van der Waals surface area contributed by atoms with Gasteiger partial charge in [0.05, 0.1) is 11.3 Å². The number of rotatable bonds is 7. The minimum absolute atomic E-state index is 0.0937. The summed E-state index contributed by atoms with van der Waals surface area (Å²) in [6, 6.07) is 7.91. The second-order valence-corrected chi connectivity index (χ2v) is 7.76. The standard InChI is InChI=1S/C20H17N7S2/c1-3-6-24-20-26-14(11-29-20)10-28-19-16(8-22)17(15(7-21)18(23)27-19)13-5-4-12(2)25-9-13/h3-5,9,11H,1,6,10H2,2H3,(H2,23,27)(H,24,26). The van der Waals surface area contributed by atoms with E-state index in [9.17, 15) is 10.5 Å². The van der Waals surface area contributed by atoms with Crippen molar-refractivity contribution in [3.63, 3.8) is 0 Å². The number of nitrogens with two attached hydrogens (primary N) is 1. The molecular formula is C20H17N7S2. The maximum absolute atomic E-state index is 9.82. The first-order valence-corrected chi connectivity index (χ1v) is 10.4. The molecule has 144 valence electrons. The van der Waals surface area contributed by atoms with Crippen LogP contribution in [0.4, 0.5) is 10.9 Å². The summed E-state index contributed by atoms with van der Waals surface area (Å²) < 4.78 is 0. The number of thioether (sulfide) groups is 1. The molecule has 0 unspecified atom stereocenters. The molecule has 9 heteroatoms. The summed E-state index contributed by atoms with van der Waals surface area (Å²) in [5.41, 5.74) is 9.35. The minimum atomic E-state index is 0.0937. The lowest BCUT2D eigenvalue weighted by Gasteiger charge is -2.12. The first kappa shape index (κ1) is 20.3. The van der Waals surface area contributed by atoms with E-state index in [1.54, 1.807) is 12.3 Å². The lowest BCUT2D eigenvalue weighted by atomic mass is 9.98. The van der Waals surface area contributed by atoms with E-state index in [1.807, 2.05) is 24.4 Å². The van der Waals surface area contributed by atoms with Crippen LogP contribution >= 0.6 is 23.1 Å². The van der Waals surface area contributed by atoms with Gasteiger partial charge in [-0.2, -0.15) is 10.5 Å². The predicted molar refractivity (Wildman–Crippen MR) is 116 cm³/mol. The molecule has 7 nitrogen and oxygen atoms in total. The average Bonchev–Trinajstić information content (AvgIpc) is 3.18. The Labute approximate surface area is 177 Å². The van der Waals surface area contributed by atoms with Gasteiger partial charge >= 0.3 is 0 Å². The maximum atomic E-state index is 9.82. The third-order valence-corrected chi connectivity index (χ3v) is 5.78. The molecule has 0 spiro atoms. The highest BCUT2D eigenvalue weighted by Gasteiger charge is 2.21. The Kier molecular flexibility index (Phi) is 6.45. The normalized spacial score (nSPS) is 10.2. The van der Waals surface area contributed by atoms with E-state index < -0.39 is 0 Å². The summed E-state index contributed by atoms with van der Waals surface area (Å²) >= 11 is 2.86. The average molecular weight is 420 g/mol. The van der Waals surface area contributed by atoms with Gasteiger partial charge in [-0.1, -0.05) is 23.9 Å². The van der Waals surface area contributed by atoms with Crippen molar-refractivity contribution in [2.45, 2.75) is 17.7 Å².